The molecule has 1 atom stereocenters. The van der Waals surface area contributed by atoms with Gasteiger partial charge in [-0.25, -0.2) is 0 Å². The molecule has 1 spiro atoms. The standard InChI is InChI=1S/C67H41NO2/c1-2-18-42(19-3-1)45-20-10-15-31-62(45)68(43-35-37-65-56(38-43)49-24-7-6-23-48(49)53-27-11-16-32-63(53)69-65)44-34-36-52-47-22-5-4-21-46(47)50-25-8-13-29-58(50)67(60(52)39-44)59-30-14-9-26-51(59)55-40-57-54-28-12-17-33-64(54)70-66(57)41-61(55)67/h1-41H. The van der Waals surface area contributed by atoms with Gasteiger partial charge >= 0.3 is 0 Å². The molecule has 0 radical (unpaired) electrons. The smallest absolute Gasteiger partial charge is 0.135 e. The van der Waals surface area contributed by atoms with Crippen LogP contribution in [0.25, 0.3) is 88.7 Å². The number of nitrogens with zero attached hydrogens (tertiary/aromatic N) is 1. The van der Waals surface area contributed by atoms with E-state index in [4.69, 9.17) is 9.15 Å². The molecule has 12 aromatic rings. The number of anilines is 3. The number of benzene rings is 11. The third-order valence-corrected chi connectivity index (χ3v) is 15.1. The van der Waals surface area contributed by atoms with Crippen LogP contribution in [-0.4, -0.2) is 0 Å². The summed E-state index contributed by atoms with van der Waals surface area (Å²) in [6, 6.07) is 90.8. The van der Waals surface area contributed by atoms with Crippen molar-refractivity contribution in [3.8, 4) is 78.3 Å². The summed E-state index contributed by atoms with van der Waals surface area (Å²) in [5, 5.41) is 2.25. The lowest BCUT2D eigenvalue weighted by Gasteiger charge is -2.36. The predicted molar refractivity (Wildman–Crippen MR) is 287 cm³/mol. The molecule has 15 rings (SSSR count). The van der Waals surface area contributed by atoms with E-state index in [2.05, 4.69) is 248 Å². The van der Waals surface area contributed by atoms with Crippen LogP contribution in [0, 0.1) is 0 Å². The first-order valence-electron chi connectivity index (χ1n) is 24.1. The molecule has 3 aliphatic rings. The van der Waals surface area contributed by atoms with Crippen molar-refractivity contribution in [2.75, 3.05) is 4.90 Å². The van der Waals surface area contributed by atoms with Gasteiger partial charge in [-0.1, -0.05) is 188 Å². The van der Waals surface area contributed by atoms with Crippen LogP contribution in [0.3, 0.4) is 0 Å². The summed E-state index contributed by atoms with van der Waals surface area (Å²) < 4.78 is 13.6. The number of hydrogen-bond acceptors (Lipinski definition) is 3. The minimum atomic E-state index is -0.739. The maximum Gasteiger partial charge on any atom is 0.135 e. The molecular formula is C67H41NO2. The molecule has 70 heavy (non-hydrogen) atoms. The first kappa shape index (κ1) is 38.9. The van der Waals surface area contributed by atoms with Crippen LogP contribution >= 0.6 is 0 Å². The van der Waals surface area contributed by atoms with Crippen molar-refractivity contribution in [1.29, 1.82) is 0 Å². The lowest BCUT2D eigenvalue weighted by atomic mass is 9.65. The topological polar surface area (TPSA) is 25.6 Å². The second-order valence-corrected chi connectivity index (χ2v) is 18.7. The van der Waals surface area contributed by atoms with Crippen LogP contribution in [0.2, 0.25) is 0 Å². The van der Waals surface area contributed by atoms with E-state index >= 15 is 0 Å². The van der Waals surface area contributed by atoms with Gasteiger partial charge in [0, 0.05) is 38.8 Å². The van der Waals surface area contributed by atoms with Gasteiger partial charge in [0.2, 0.25) is 0 Å². The SMILES string of the molecule is c1ccc(-c2ccccc2N(c2ccc3c(c2)-c2ccccc2-c2ccccc2O3)c2ccc3c(c2)C2(c4ccccc4-c4ccccc4-3)c3ccccc3-c3cc4c(cc32)oc2ccccc24)cc1. The number of ether oxygens (including phenoxy) is 1. The molecule has 1 unspecified atom stereocenters. The van der Waals surface area contributed by atoms with Gasteiger partial charge in [0.1, 0.15) is 22.7 Å². The third kappa shape index (κ3) is 5.46. The third-order valence-electron chi connectivity index (χ3n) is 15.1. The summed E-state index contributed by atoms with van der Waals surface area (Å²) in [7, 11) is 0. The summed E-state index contributed by atoms with van der Waals surface area (Å²) >= 11 is 0. The van der Waals surface area contributed by atoms with Gasteiger partial charge in [-0.2, -0.15) is 0 Å². The lowest BCUT2D eigenvalue weighted by Crippen LogP contribution is -2.29. The highest BCUT2D eigenvalue weighted by atomic mass is 16.5. The van der Waals surface area contributed by atoms with Crippen molar-refractivity contribution < 1.29 is 9.15 Å². The first-order chi connectivity index (χ1) is 34.7. The average Bonchev–Trinajstić information content (AvgIpc) is 3.85. The molecule has 1 aromatic heterocycles. The van der Waals surface area contributed by atoms with E-state index in [1.54, 1.807) is 0 Å². The molecule has 0 bridgehead atoms. The largest absolute Gasteiger partial charge is 0.456 e. The lowest BCUT2D eigenvalue weighted by molar-refractivity contribution is 0.488. The Morgan fingerprint density at radius 2 is 0.800 bits per heavy atom. The first-order valence-corrected chi connectivity index (χ1v) is 24.1. The maximum atomic E-state index is 6.83. The van der Waals surface area contributed by atoms with Crippen molar-refractivity contribution in [2.45, 2.75) is 5.41 Å². The number of rotatable bonds is 4. The van der Waals surface area contributed by atoms with Crippen LogP contribution in [0.4, 0.5) is 17.1 Å². The number of hydrogen-bond donors (Lipinski definition) is 0. The number of fused-ring (bicyclic) bond motifs is 20. The molecule has 0 N–H and O–H groups in total. The molecule has 326 valence electrons. The Hall–Kier alpha value is -9.18. The number of furan rings is 1. The summed E-state index contributed by atoms with van der Waals surface area (Å²) in [6.07, 6.45) is 0. The molecule has 2 heterocycles. The fourth-order valence-corrected chi connectivity index (χ4v) is 12.2. The zero-order valence-corrected chi connectivity index (χ0v) is 37.9. The minimum absolute atomic E-state index is 0.739. The maximum absolute atomic E-state index is 6.83. The van der Waals surface area contributed by atoms with E-state index in [-0.39, 0.29) is 0 Å². The van der Waals surface area contributed by atoms with Crippen molar-refractivity contribution in [2.24, 2.45) is 0 Å². The Morgan fingerprint density at radius 3 is 1.56 bits per heavy atom. The van der Waals surface area contributed by atoms with Crippen LogP contribution < -0.4 is 9.64 Å². The highest BCUT2D eigenvalue weighted by Crippen LogP contribution is 2.63. The van der Waals surface area contributed by atoms with Crippen LogP contribution in [0.15, 0.2) is 253 Å². The molecule has 11 aromatic carbocycles. The van der Waals surface area contributed by atoms with Crippen molar-refractivity contribution >= 4 is 39.0 Å². The van der Waals surface area contributed by atoms with Gasteiger partial charge in [-0.15, -0.1) is 0 Å². The Bertz CT molecular complexity index is 4130. The molecule has 0 fully saturated rings. The van der Waals surface area contributed by atoms with Crippen LogP contribution in [0.1, 0.15) is 22.3 Å². The molecule has 1 aliphatic heterocycles. The summed E-state index contributed by atoms with van der Waals surface area (Å²) in [5.74, 6) is 1.67. The molecule has 0 saturated heterocycles. The van der Waals surface area contributed by atoms with Gasteiger partial charge in [0.05, 0.1) is 11.1 Å². The summed E-state index contributed by atoms with van der Waals surface area (Å²) in [5.41, 5.74) is 23.1. The Labute approximate surface area is 405 Å². The highest BCUT2D eigenvalue weighted by Gasteiger charge is 2.50. The van der Waals surface area contributed by atoms with Crippen molar-refractivity contribution in [3.05, 3.63) is 271 Å². The fourth-order valence-electron chi connectivity index (χ4n) is 12.2. The zero-order valence-electron chi connectivity index (χ0n) is 37.9. The Balaban J connectivity index is 1.05. The molecule has 0 amide bonds. The van der Waals surface area contributed by atoms with E-state index in [0.29, 0.717) is 0 Å². The highest BCUT2D eigenvalue weighted by molar-refractivity contribution is 6.09. The van der Waals surface area contributed by atoms with Gasteiger partial charge < -0.3 is 14.1 Å². The summed E-state index contributed by atoms with van der Waals surface area (Å²) in [4.78, 5) is 2.46. The molecular weight excluding hydrogens is 851 g/mol. The van der Waals surface area contributed by atoms with Gasteiger partial charge in [0.15, 0.2) is 0 Å². The monoisotopic (exact) mass is 891 g/mol. The molecule has 0 saturated carbocycles. The van der Waals surface area contributed by atoms with Crippen LogP contribution in [0.5, 0.6) is 11.5 Å². The Kier molecular flexibility index (Phi) is 8.28. The van der Waals surface area contributed by atoms with Gasteiger partial charge in [0.25, 0.3) is 0 Å². The van der Waals surface area contributed by atoms with E-state index in [9.17, 15) is 0 Å². The second-order valence-electron chi connectivity index (χ2n) is 18.7. The quantitative estimate of drug-likeness (QED) is 0.176. The van der Waals surface area contributed by atoms with Crippen molar-refractivity contribution in [1.82, 2.24) is 0 Å². The fraction of sp³-hybridized carbons (Fsp3) is 0.0149. The van der Waals surface area contributed by atoms with E-state index in [1.165, 1.54) is 55.6 Å². The predicted octanol–water partition coefficient (Wildman–Crippen LogP) is 18.2. The zero-order chi connectivity index (χ0) is 45.9. The number of para-hydroxylation sites is 3. The van der Waals surface area contributed by atoms with E-state index < -0.39 is 5.41 Å². The molecule has 2 aliphatic carbocycles. The second kappa shape index (κ2) is 14.9. The summed E-state index contributed by atoms with van der Waals surface area (Å²) in [6.45, 7) is 0. The molecule has 3 heteroatoms. The van der Waals surface area contributed by atoms with Gasteiger partial charge in [-0.3, -0.25) is 0 Å². The van der Waals surface area contributed by atoms with Gasteiger partial charge in [-0.05, 0) is 133 Å². The van der Waals surface area contributed by atoms with E-state index in [0.717, 1.165) is 83.9 Å². The normalized spacial score (nSPS) is 14.5. The minimum Gasteiger partial charge on any atom is -0.456 e. The molecule has 3 nitrogen and oxygen atoms in total. The van der Waals surface area contributed by atoms with Crippen LogP contribution in [-0.2, 0) is 5.41 Å². The van der Waals surface area contributed by atoms with E-state index in [1.807, 2.05) is 6.07 Å². The van der Waals surface area contributed by atoms with Crippen molar-refractivity contribution in [3.63, 3.8) is 0 Å². The Morgan fingerprint density at radius 1 is 0.286 bits per heavy atom. The average molecular weight is 892 g/mol.